The molecular weight excluding hydrogens is 411 g/mol. The monoisotopic (exact) mass is 432 g/mol. The summed E-state index contributed by atoms with van der Waals surface area (Å²) in [6.07, 6.45) is 4.35. The van der Waals surface area contributed by atoms with E-state index in [-0.39, 0.29) is 12.4 Å². The molecule has 0 aliphatic carbocycles. The molecule has 1 atom stereocenters. The number of nitrogens with zero attached hydrogens (tertiary/aromatic N) is 2. The molecule has 0 saturated carbocycles. The van der Waals surface area contributed by atoms with E-state index >= 15 is 0 Å². The summed E-state index contributed by atoms with van der Waals surface area (Å²) in [5.74, 6) is -0.263. The normalized spacial score (nSPS) is 17.9. The molecule has 0 aromatic heterocycles. The third kappa shape index (κ3) is 6.19. The van der Waals surface area contributed by atoms with E-state index in [1.165, 1.54) is 7.11 Å². The van der Waals surface area contributed by atoms with Gasteiger partial charge in [0.15, 0.2) is 0 Å². The molecule has 0 unspecified atom stereocenters. The predicted octanol–water partition coefficient (Wildman–Crippen LogP) is 4.95. The molecule has 1 aliphatic heterocycles. The molecule has 8 heteroatoms. The highest BCUT2D eigenvalue weighted by atomic mass is 35.5. The van der Waals surface area contributed by atoms with Crippen LogP contribution in [0.4, 0.5) is 5.69 Å². The quantitative estimate of drug-likeness (QED) is 0.314. The third-order valence-electron chi connectivity index (χ3n) is 4.48. The molecule has 0 bridgehead atoms. The Morgan fingerprint density at radius 2 is 2.22 bits per heavy atom. The molecule has 1 aromatic rings. The first-order valence-electron chi connectivity index (χ1n) is 8.67. The number of carbonyl (C=O) groups excluding carboxylic acids is 1. The number of likely N-dealkylation sites (tertiary alicyclic amines) is 1. The number of hydrogen-bond acceptors (Lipinski definition) is 5. The van der Waals surface area contributed by atoms with Crippen molar-refractivity contribution in [3.8, 4) is 0 Å². The highest BCUT2D eigenvalue weighted by Gasteiger charge is 2.24. The van der Waals surface area contributed by atoms with Gasteiger partial charge in [0.25, 0.3) is 0 Å². The fraction of sp³-hybridized carbons (Fsp3) is 0.474. The molecule has 1 aromatic carbocycles. The van der Waals surface area contributed by atoms with Gasteiger partial charge in [-0.1, -0.05) is 40.9 Å². The van der Waals surface area contributed by atoms with E-state index in [2.05, 4.69) is 21.3 Å². The molecular formula is C19H23Cl3N2O3. The maximum absolute atomic E-state index is 11.1. The van der Waals surface area contributed by atoms with Crippen LogP contribution in [0.5, 0.6) is 0 Å². The highest BCUT2D eigenvalue weighted by Crippen LogP contribution is 2.39. The number of halogens is 3. The van der Waals surface area contributed by atoms with Gasteiger partial charge >= 0.3 is 5.97 Å². The Morgan fingerprint density at radius 3 is 2.93 bits per heavy atom. The lowest BCUT2D eigenvalue weighted by atomic mass is 10.1. The topological polar surface area (TPSA) is 51.1 Å². The second-order valence-corrected chi connectivity index (χ2v) is 7.35. The van der Waals surface area contributed by atoms with E-state index in [0.717, 1.165) is 19.4 Å². The zero-order chi connectivity index (χ0) is 19.8. The summed E-state index contributed by atoms with van der Waals surface area (Å²) >= 11 is 18.7. The summed E-state index contributed by atoms with van der Waals surface area (Å²) in [5, 5.41) is 1.30. The fourth-order valence-electron chi connectivity index (χ4n) is 3.00. The Morgan fingerprint density at radius 1 is 1.44 bits per heavy atom. The van der Waals surface area contributed by atoms with Gasteiger partial charge in [-0.05, 0) is 38.2 Å². The van der Waals surface area contributed by atoms with Crippen molar-refractivity contribution in [3.05, 3.63) is 33.8 Å². The van der Waals surface area contributed by atoms with Crippen molar-refractivity contribution in [1.29, 1.82) is 0 Å². The number of hydrogen-bond donors (Lipinski definition) is 0. The average molecular weight is 434 g/mol. The first-order valence-corrected chi connectivity index (χ1v) is 9.80. The van der Waals surface area contributed by atoms with E-state index in [9.17, 15) is 4.79 Å². The van der Waals surface area contributed by atoms with Crippen molar-refractivity contribution in [2.24, 2.45) is 4.99 Å². The van der Waals surface area contributed by atoms with Crippen molar-refractivity contribution >= 4 is 58.2 Å². The van der Waals surface area contributed by atoms with Gasteiger partial charge in [-0.15, -0.1) is 0 Å². The van der Waals surface area contributed by atoms with E-state index in [1.807, 2.05) is 6.08 Å². The summed E-state index contributed by atoms with van der Waals surface area (Å²) in [7, 11) is 1.37. The van der Waals surface area contributed by atoms with E-state index in [1.54, 1.807) is 12.1 Å². The third-order valence-corrected chi connectivity index (χ3v) is 5.63. The molecule has 0 radical (unpaired) electrons. The molecule has 148 valence electrons. The zero-order valence-electron chi connectivity index (χ0n) is 15.2. The lowest BCUT2D eigenvalue weighted by Gasteiger charge is -2.23. The molecule has 2 rings (SSSR count). The second-order valence-electron chi connectivity index (χ2n) is 6.16. The molecule has 1 fully saturated rings. The van der Waals surface area contributed by atoms with Gasteiger partial charge in [-0.2, -0.15) is 0 Å². The van der Waals surface area contributed by atoms with E-state index in [0.29, 0.717) is 52.1 Å². The van der Waals surface area contributed by atoms with Crippen LogP contribution in [-0.4, -0.2) is 57.0 Å². The van der Waals surface area contributed by atoms with Crippen LogP contribution in [0.25, 0.3) is 5.03 Å². The van der Waals surface area contributed by atoms with Gasteiger partial charge < -0.3 is 9.47 Å². The van der Waals surface area contributed by atoms with Crippen LogP contribution < -0.4 is 0 Å². The lowest BCUT2D eigenvalue weighted by molar-refractivity contribution is -0.141. The number of rotatable bonds is 9. The molecule has 0 N–H and O–H groups in total. The number of ether oxygens (including phenoxy) is 2. The maximum atomic E-state index is 11.1. The van der Waals surface area contributed by atoms with Crippen LogP contribution in [0.2, 0.25) is 10.0 Å². The number of esters is 1. The van der Waals surface area contributed by atoms with Gasteiger partial charge in [-0.3, -0.25) is 14.7 Å². The molecule has 27 heavy (non-hydrogen) atoms. The van der Waals surface area contributed by atoms with Crippen LogP contribution in [0, 0.1) is 0 Å². The predicted molar refractivity (Wildman–Crippen MR) is 112 cm³/mol. The first kappa shape index (κ1) is 22.2. The molecule has 1 heterocycles. The number of aliphatic imine (C=N–C) groups is 1. The van der Waals surface area contributed by atoms with Crippen LogP contribution in [0.1, 0.15) is 24.8 Å². The zero-order valence-corrected chi connectivity index (χ0v) is 17.5. The summed E-state index contributed by atoms with van der Waals surface area (Å²) < 4.78 is 10.2. The Labute approximate surface area is 174 Å². The van der Waals surface area contributed by atoms with Crippen molar-refractivity contribution in [3.63, 3.8) is 0 Å². The molecule has 1 aliphatic rings. The van der Waals surface area contributed by atoms with E-state index in [4.69, 9.17) is 39.5 Å². The van der Waals surface area contributed by atoms with Gasteiger partial charge in [0.1, 0.15) is 0 Å². The minimum atomic E-state index is -0.263. The lowest BCUT2D eigenvalue weighted by Crippen LogP contribution is -2.33. The summed E-state index contributed by atoms with van der Waals surface area (Å²) in [6.45, 7) is 6.14. The van der Waals surface area contributed by atoms with Crippen molar-refractivity contribution < 1.29 is 14.3 Å². The van der Waals surface area contributed by atoms with Gasteiger partial charge in [0.05, 0.1) is 42.5 Å². The first-order chi connectivity index (χ1) is 13.0. The maximum Gasteiger partial charge on any atom is 0.307 e. The van der Waals surface area contributed by atoms with Crippen molar-refractivity contribution in [2.75, 3.05) is 33.4 Å². The Bertz CT molecular complexity index is 710. The van der Waals surface area contributed by atoms with E-state index < -0.39 is 0 Å². The Hall–Kier alpha value is -1.11. The summed E-state index contributed by atoms with van der Waals surface area (Å²) in [6, 6.07) is 3.78. The molecule has 5 nitrogen and oxygen atoms in total. The van der Waals surface area contributed by atoms with Crippen LogP contribution in [0.15, 0.2) is 23.2 Å². The Balaban J connectivity index is 1.94. The van der Waals surface area contributed by atoms with Crippen LogP contribution in [0.3, 0.4) is 0 Å². The molecule has 1 saturated heterocycles. The largest absolute Gasteiger partial charge is 0.469 e. The summed E-state index contributed by atoms with van der Waals surface area (Å²) in [5.41, 5.74) is 1.18. The standard InChI is InChI=1S/C19H23Cl3N2O3/c1-23-19-14(5-6-16(21)18(19)22)15(20)7-10-24-9-3-4-13(24)12-27-11-8-17(25)26-2/h5-7,13H,1,3-4,8-12H2,2H3/b15-7+/t13-/m0/s1. The van der Waals surface area contributed by atoms with Crippen LogP contribution in [-0.2, 0) is 14.3 Å². The number of benzene rings is 1. The van der Waals surface area contributed by atoms with Crippen molar-refractivity contribution in [2.45, 2.75) is 25.3 Å². The second kappa shape index (κ2) is 11.0. The minimum Gasteiger partial charge on any atom is -0.469 e. The minimum absolute atomic E-state index is 0.263. The van der Waals surface area contributed by atoms with Gasteiger partial charge in [0, 0.05) is 23.2 Å². The highest BCUT2D eigenvalue weighted by molar-refractivity contribution is 6.50. The van der Waals surface area contributed by atoms with Crippen molar-refractivity contribution in [1.82, 2.24) is 4.90 Å². The molecule has 0 spiro atoms. The summed E-state index contributed by atoms with van der Waals surface area (Å²) in [4.78, 5) is 17.4. The smallest absolute Gasteiger partial charge is 0.307 e. The van der Waals surface area contributed by atoms with Crippen LogP contribution >= 0.6 is 34.8 Å². The Kier molecular flexibility index (Phi) is 9.06. The number of methoxy groups -OCH3 is 1. The van der Waals surface area contributed by atoms with Gasteiger partial charge in [0.2, 0.25) is 0 Å². The number of carbonyl (C=O) groups is 1. The van der Waals surface area contributed by atoms with Gasteiger partial charge in [-0.25, -0.2) is 0 Å². The fourth-order valence-corrected chi connectivity index (χ4v) is 3.59. The molecule has 0 amide bonds. The SMILES string of the molecule is C=Nc1c(/C(Cl)=C\CN2CCC[C@H]2COCCC(=O)OC)ccc(Cl)c1Cl. The average Bonchev–Trinajstić information content (AvgIpc) is 3.12.